The molecular weight excluding hydrogens is 241 g/mol. The van der Waals surface area contributed by atoms with Gasteiger partial charge in [0.25, 0.3) is 0 Å². The summed E-state index contributed by atoms with van der Waals surface area (Å²) in [7, 11) is 1.44. The molecule has 3 N–H and O–H groups in total. The second-order valence-corrected chi connectivity index (χ2v) is 3.64. The van der Waals surface area contributed by atoms with Crippen LogP contribution in [0.2, 0.25) is 10.0 Å². The number of aliphatic carboxylic acids is 1. The first-order chi connectivity index (χ1) is 6.97. The zero-order valence-electron chi connectivity index (χ0n) is 7.83. The summed E-state index contributed by atoms with van der Waals surface area (Å²) in [5.74, 6) is -0.791. The van der Waals surface area contributed by atoms with Gasteiger partial charge in [0.15, 0.2) is 0 Å². The van der Waals surface area contributed by atoms with Crippen LogP contribution in [0.5, 0.6) is 5.75 Å². The minimum Gasteiger partial charge on any atom is -0.495 e. The average molecular weight is 250 g/mol. The molecule has 0 aliphatic carbocycles. The molecule has 0 fully saturated rings. The maximum atomic E-state index is 10.7. The van der Waals surface area contributed by atoms with Crippen molar-refractivity contribution >= 4 is 29.2 Å². The van der Waals surface area contributed by atoms with Crippen LogP contribution in [0.15, 0.2) is 12.1 Å². The fourth-order valence-corrected chi connectivity index (χ4v) is 1.59. The molecule has 0 aliphatic heterocycles. The van der Waals surface area contributed by atoms with Gasteiger partial charge < -0.3 is 15.6 Å². The van der Waals surface area contributed by atoms with Crippen LogP contribution in [0.25, 0.3) is 0 Å². The van der Waals surface area contributed by atoms with Gasteiger partial charge in [-0.15, -0.1) is 0 Å². The molecule has 0 radical (unpaired) electrons. The highest BCUT2D eigenvalue weighted by Crippen LogP contribution is 2.33. The van der Waals surface area contributed by atoms with E-state index in [0.29, 0.717) is 5.75 Å². The molecule has 0 saturated heterocycles. The van der Waals surface area contributed by atoms with E-state index < -0.39 is 12.0 Å². The molecule has 0 bridgehead atoms. The number of rotatable bonds is 3. The molecule has 0 spiro atoms. The van der Waals surface area contributed by atoms with Gasteiger partial charge in [0.1, 0.15) is 11.8 Å². The number of benzene rings is 1. The van der Waals surface area contributed by atoms with Crippen LogP contribution in [0.1, 0.15) is 11.6 Å². The summed E-state index contributed by atoms with van der Waals surface area (Å²) in [5.41, 5.74) is 5.67. The third-order valence-electron chi connectivity index (χ3n) is 1.87. The van der Waals surface area contributed by atoms with Crippen LogP contribution in [0.4, 0.5) is 0 Å². The SMILES string of the molecule is COc1cc(Cl)c(C(N)C(=O)O)cc1Cl. The molecule has 0 aromatic heterocycles. The molecule has 0 saturated carbocycles. The van der Waals surface area contributed by atoms with Crippen LogP contribution >= 0.6 is 23.2 Å². The van der Waals surface area contributed by atoms with E-state index in [2.05, 4.69) is 0 Å². The summed E-state index contributed by atoms with van der Waals surface area (Å²) in [4.78, 5) is 10.7. The van der Waals surface area contributed by atoms with Crippen LogP contribution in [0.3, 0.4) is 0 Å². The molecule has 1 atom stereocenters. The molecule has 1 aromatic rings. The van der Waals surface area contributed by atoms with E-state index in [1.54, 1.807) is 0 Å². The zero-order chi connectivity index (χ0) is 11.6. The standard InChI is InChI=1S/C9H9Cl2NO3/c1-15-7-3-5(10)4(2-6(7)11)8(12)9(13)14/h2-3,8H,12H2,1H3,(H,13,14). The Balaban J connectivity index is 3.21. The summed E-state index contributed by atoms with van der Waals surface area (Å²) in [6, 6.07) is 1.63. The number of ether oxygens (including phenoxy) is 1. The first-order valence-electron chi connectivity index (χ1n) is 3.98. The number of carboxylic acid groups (broad SMARTS) is 1. The van der Waals surface area contributed by atoms with Gasteiger partial charge in [0.05, 0.1) is 12.1 Å². The van der Waals surface area contributed by atoms with Crippen molar-refractivity contribution in [3.63, 3.8) is 0 Å². The lowest BCUT2D eigenvalue weighted by atomic mass is 10.1. The Hall–Kier alpha value is -0.970. The number of hydrogen-bond acceptors (Lipinski definition) is 3. The maximum Gasteiger partial charge on any atom is 0.325 e. The molecule has 6 heteroatoms. The summed E-state index contributed by atoms with van der Waals surface area (Å²) in [5, 5.41) is 9.21. The third-order valence-corrected chi connectivity index (χ3v) is 2.49. The normalized spacial score (nSPS) is 12.3. The van der Waals surface area contributed by atoms with Crippen molar-refractivity contribution < 1.29 is 14.6 Å². The highest BCUT2D eigenvalue weighted by atomic mass is 35.5. The topological polar surface area (TPSA) is 72.5 Å². The summed E-state index contributed by atoms with van der Waals surface area (Å²) < 4.78 is 4.92. The van der Waals surface area contributed by atoms with Gasteiger partial charge in [0.2, 0.25) is 0 Å². The zero-order valence-corrected chi connectivity index (χ0v) is 9.34. The molecule has 1 rings (SSSR count). The first-order valence-corrected chi connectivity index (χ1v) is 4.74. The van der Waals surface area contributed by atoms with E-state index in [1.807, 2.05) is 0 Å². The molecule has 0 amide bonds. The van der Waals surface area contributed by atoms with Crippen LogP contribution in [-0.4, -0.2) is 18.2 Å². The highest BCUT2D eigenvalue weighted by Gasteiger charge is 2.19. The monoisotopic (exact) mass is 249 g/mol. The number of hydrogen-bond donors (Lipinski definition) is 2. The molecule has 1 unspecified atom stereocenters. The Kier molecular flexibility index (Phi) is 3.79. The number of nitrogens with two attached hydrogens (primary N) is 1. The van der Waals surface area contributed by atoms with Gasteiger partial charge in [0, 0.05) is 16.7 Å². The smallest absolute Gasteiger partial charge is 0.325 e. The third kappa shape index (κ3) is 2.53. The van der Waals surface area contributed by atoms with Gasteiger partial charge >= 0.3 is 5.97 Å². The van der Waals surface area contributed by atoms with E-state index in [9.17, 15) is 4.79 Å². The lowest BCUT2D eigenvalue weighted by Gasteiger charge is -2.11. The molecule has 82 valence electrons. The molecule has 1 aromatic carbocycles. The first kappa shape index (κ1) is 12.1. The number of methoxy groups -OCH3 is 1. The largest absolute Gasteiger partial charge is 0.495 e. The van der Waals surface area contributed by atoms with Crippen molar-refractivity contribution in [1.29, 1.82) is 0 Å². The lowest BCUT2D eigenvalue weighted by Crippen LogP contribution is -2.21. The number of carboxylic acids is 1. The van der Waals surface area contributed by atoms with E-state index in [4.69, 9.17) is 38.8 Å². The Labute approximate surface area is 96.5 Å². The van der Waals surface area contributed by atoms with Crippen LogP contribution in [-0.2, 0) is 4.79 Å². The summed E-state index contributed by atoms with van der Waals surface area (Å²) >= 11 is 11.7. The Morgan fingerprint density at radius 3 is 2.53 bits per heavy atom. The number of carbonyl (C=O) groups is 1. The lowest BCUT2D eigenvalue weighted by molar-refractivity contribution is -0.138. The van der Waals surface area contributed by atoms with Crippen molar-refractivity contribution in [2.24, 2.45) is 5.73 Å². The van der Waals surface area contributed by atoms with Gasteiger partial charge in [-0.1, -0.05) is 23.2 Å². The fourth-order valence-electron chi connectivity index (χ4n) is 1.07. The molecule has 0 aliphatic rings. The Morgan fingerprint density at radius 2 is 2.07 bits per heavy atom. The molecular formula is C9H9Cl2NO3. The summed E-state index contributed by atoms with van der Waals surface area (Å²) in [6.45, 7) is 0. The van der Waals surface area contributed by atoms with Crippen LogP contribution < -0.4 is 10.5 Å². The van der Waals surface area contributed by atoms with Crippen molar-refractivity contribution in [2.45, 2.75) is 6.04 Å². The van der Waals surface area contributed by atoms with Gasteiger partial charge in [-0.2, -0.15) is 0 Å². The van der Waals surface area contributed by atoms with Crippen molar-refractivity contribution in [3.8, 4) is 5.75 Å². The molecule has 0 heterocycles. The second-order valence-electron chi connectivity index (χ2n) is 2.82. The molecule has 4 nitrogen and oxygen atoms in total. The minimum atomic E-state index is -1.19. The average Bonchev–Trinajstić information content (AvgIpc) is 2.19. The maximum absolute atomic E-state index is 10.7. The van der Waals surface area contributed by atoms with Gasteiger partial charge in [-0.25, -0.2) is 0 Å². The van der Waals surface area contributed by atoms with Crippen molar-refractivity contribution in [1.82, 2.24) is 0 Å². The Morgan fingerprint density at radius 1 is 1.47 bits per heavy atom. The van der Waals surface area contributed by atoms with Gasteiger partial charge in [-0.3, -0.25) is 4.79 Å². The molecule has 15 heavy (non-hydrogen) atoms. The van der Waals surface area contributed by atoms with Crippen molar-refractivity contribution in [2.75, 3.05) is 7.11 Å². The van der Waals surface area contributed by atoms with E-state index in [0.717, 1.165) is 0 Å². The van der Waals surface area contributed by atoms with E-state index >= 15 is 0 Å². The van der Waals surface area contributed by atoms with E-state index in [1.165, 1.54) is 19.2 Å². The quantitative estimate of drug-likeness (QED) is 0.861. The predicted octanol–water partition coefficient (Wildman–Crippen LogP) is 2.09. The second kappa shape index (κ2) is 4.70. The van der Waals surface area contributed by atoms with E-state index in [-0.39, 0.29) is 15.6 Å². The van der Waals surface area contributed by atoms with Crippen molar-refractivity contribution in [3.05, 3.63) is 27.7 Å². The fraction of sp³-hybridized carbons (Fsp3) is 0.222. The minimum absolute atomic E-state index is 0.214. The number of halogens is 2. The van der Waals surface area contributed by atoms with Gasteiger partial charge in [-0.05, 0) is 6.07 Å². The summed E-state index contributed by atoms with van der Waals surface area (Å²) in [6.07, 6.45) is 0. The van der Waals surface area contributed by atoms with Crippen LogP contribution in [0, 0.1) is 0 Å². The highest BCUT2D eigenvalue weighted by molar-refractivity contribution is 6.35. The predicted molar refractivity (Wildman–Crippen MR) is 57.6 cm³/mol. The Bertz CT molecular complexity index is 395.